The summed E-state index contributed by atoms with van der Waals surface area (Å²) in [6, 6.07) is 15.8. The third-order valence-corrected chi connectivity index (χ3v) is 3.14. The van der Waals surface area contributed by atoms with Gasteiger partial charge < -0.3 is 14.8 Å². The highest BCUT2D eigenvalue weighted by Gasteiger charge is 2.01. The zero-order valence-electron chi connectivity index (χ0n) is 13.0. The molecule has 0 heterocycles. The summed E-state index contributed by atoms with van der Waals surface area (Å²) in [6.07, 6.45) is 0.380. The van der Waals surface area contributed by atoms with Crippen LogP contribution in [0.1, 0.15) is 18.1 Å². The number of alkyl carbamates (subject to hydrolysis) is 1. The number of amides is 1. The number of rotatable bonds is 6. The maximum absolute atomic E-state index is 11.2. The summed E-state index contributed by atoms with van der Waals surface area (Å²) < 4.78 is 10.6. The van der Waals surface area contributed by atoms with Crippen molar-refractivity contribution in [3.8, 4) is 11.5 Å². The van der Waals surface area contributed by atoms with Gasteiger partial charge >= 0.3 is 6.09 Å². The molecular weight excluding hydrogens is 278 g/mol. The molecule has 0 unspecified atom stereocenters. The highest BCUT2D eigenvalue weighted by atomic mass is 16.5. The highest BCUT2D eigenvalue weighted by molar-refractivity contribution is 5.67. The van der Waals surface area contributed by atoms with Gasteiger partial charge in [0.2, 0.25) is 0 Å². The zero-order valence-corrected chi connectivity index (χ0v) is 13.0. The topological polar surface area (TPSA) is 47.6 Å². The molecule has 4 heteroatoms. The van der Waals surface area contributed by atoms with Crippen LogP contribution in [0.4, 0.5) is 4.79 Å². The van der Waals surface area contributed by atoms with Gasteiger partial charge in [-0.15, -0.1) is 0 Å². The lowest BCUT2D eigenvalue weighted by atomic mass is 10.1. The Balaban J connectivity index is 1.82. The molecule has 22 heavy (non-hydrogen) atoms. The van der Waals surface area contributed by atoms with Crippen LogP contribution < -0.4 is 10.1 Å². The van der Waals surface area contributed by atoms with Gasteiger partial charge in [-0.3, -0.25) is 0 Å². The lowest BCUT2D eigenvalue weighted by Gasteiger charge is -2.08. The van der Waals surface area contributed by atoms with Crippen LogP contribution in [0.25, 0.3) is 0 Å². The number of ether oxygens (including phenoxy) is 2. The minimum absolute atomic E-state index is 0.373. The van der Waals surface area contributed by atoms with E-state index in [2.05, 4.69) is 5.32 Å². The lowest BCUT2D eigenvalue weighted by molar-refractivity contribution is 0.152. The summed E-state index contributed by atoms with van der Waals surface area (Å²) in [5, 5.41) is 2.70. The molecule has 0 saturated heterocycles. The molecule has 116 valence electrons. The summed E-state index contributed by atoms with van der Waals surface area (Å²) >= 11 is 0. The van der Waals surface area contributed by atoms with Crippen molar-refractivity contribution < 1.29 is 14.3 Å². The van der Waals surface area contributed by atoms with E-state index in [0.717, 1.165) is 23.5 Å². The fourth-order valence-electron chi connectivity index (χ4n) is 1.96. The van der Waals surface area contributed by atoms with Crippen molar-refractivity contribution in [1.29, 1.82) is 0 Å². The van der Waals surface area contributed by atoms with E-state index in [1.54, 1.807) is 6.92 Å². The number of aryl methyl sites for hydroxylation is 1. The van der Waals surface area contributed by atoms with E-state index in [0.29, 0.717) is 13.2 Å². The molecule has 0 aromatic heterocycles. The molecule has 2 aromatic rings. The molecule has 1 N–H and O–H groups in total. The van der Waals surface area contributed by atoms with Gasteiger partial charge in [0, 0.05) is 6.54 Å². The molecule has 0 saturated carbocycles. The van der Waals surface area contributed by atoms with Crippen molar-refractivity contribution in [2.45, 2.75) is 20.3 Å². The fraction of sp³-hybridized carbons (Fsp3) is 0.278. The Morgan fingerprint density at radius 2 is 1.59 bits per heavy atom. The Hall–Kier alpha value is -2.49. The van der Waals surface area contributed by atoms with Gasteiger partial charge in [0.25, 0.3) is 0 Å². The van der Waals surface area contributed by atoms with Crippen LogP contribution in [-0.4, -0.2) is 19.2 Å². The second-order valence-corrected chi connectivity index (χ2v) is 4.96. The van der Waals surface area contributed by atoms with E-state index in [1.807, 2.05) is 55.5 Å². The van der Waals surface area contributed by atoms with E-state index in [4.69, 9.17) is 9.47 Å². The first-order valence-corrected chi connectivity index (χ1v) is 7.41. The maximum Gasteiger partial charge on any atom is 0.407 e. The molecule has 4 nitrogen and oxygen atoms in total. The Bertz CT molecular complexity index is 591. The molecule has 0 bridgehead atoms. The van der Waals surface area contributed by atoms with E-state index in [-0.39, 0.29) is 6.09 Å². The van der Waals surface area contributed by atoms with Crippen LogP contribution in [0, 0.1) is 6.92 Å². The molecule has 0 atom stereocenters. The normalized spacial score (nSPS) is 10.1. The number of hydrogen-bond donors (Lipinski definition) is 1. The summed E-state index contributed by atoms with van der Waals surface area (Å²) in [6.45, 7) is 4.77. The standard InChI is InChI=1S/C18H21NO3/c1-3-21-18(20)19-13-12-15-6-10-17(11-7-15)22-16-8-4-14(2)5-9-16/h4-11H,3,12-13H2,1-2H3,(H,19,20). The Labute approximate surface area is 131 Å². The van der Waals surface area contributed by atoms with Gasteiger partial charge in [-0.05, 0) is 50.1 Å². The number of benzene rings is 2. The minimum Gasteiger partial charge on any atom is -0.457 e. The molecule has 2 aromatic carbocycles. The molecule has 0 radical (unpaired) electrons. The van der Waals surface area contributed by atoms with Crippen LogP contribution in [0.5, 0.6) is 11.5 Å². The number of carbonyl (C=O) groups excluding carboxylic acids is 1. The average Bonchev–Trinajstić information content (AvgIpc) is 2.52. The second-order valence-electron chi connectivity index (χ2n) is 4.96. The van der Waals surface area contributed by atoms with Crippen molar-refractivity contribution in [2.24, 2.45) is 0 Å². The average molecular weight is 299 g/mol. The SMILES string of the molecule is CCOC(=O)NCCc1ccc(Oc2ccc(C)cc2)cc1. The lowest BCUT2D eigenvalue weighted by Crippen LogP contribution is -2.26. The number of nitrogens with one attached hydrogen (secondary N) is 1. The van der Waals surface area contributed by atoms with Crippen LogP contribution in [0.3, 0.4) is 0 Å². The van der Waals surface area contributed by atoms with Gasteiger partial charge in [0.15, 0.2) is 0 Å². The van der Waals surface area contributed by atoms with Gasteiger partial charge in [0.1, 0.15) is 11.5 Å². The number of hydrogen-bond acceptors (Lipinski definition) is 3. The predicted octanol–water partition coefficient (Wildman–Crippen LogP) is 4.08. The van der Waals surface area contributed by atoms with Crippen molar-refractivity contribution in [3.63, 3.8) is 0 Å². The Kier molecular flexibility index (Phi) is 5.83. The van der Waals surface area contributed by atoms with E-state index < -0.39 is 0 Å². The molecule has 0 aliphatic rings. The van der Waals surface area contributed by atoms with Crippen molar-refractivity contribution in [1.82, 2.24) is 5.32 Å². The van der Waals surface area contributed by atoms with Crippen LogP contribution in [0.2, 0.25) is 0 Å². The van der Waals surface area contributed by atoms with Gasteiger partial charge in [-0.2, -0.15) is 0 Å². The van der Waals surface area contributed by atoms with Crippen molar-refractivity contribution in [2.75, 3.05) is 13.2 Å². The molecule has 2 rings (SSSR count). The summed E-state index contributed by atoms with van der Waals surface area (Å²) in [5.74, 6) is 1.62. The minimum atomic E-state index is -0.373. The van der Waals surface area contributed by atoms with Crippen molar-refractivity contribution >= 4 is 6.09 Å². The first-order chi connectivity index (χ1) is 10.7. The smallest absolute Gasteiger partial charge is 0.407 e. The van der Waals surface area contributed by atoms with Gasteiger partial charge in [0.05, 0.1) is 6.61 Å². The highest BCUT2D eigenvalue weighted by Crippen LogP contribution is 2.22. The molecule has 0 aliphatic carbocycles. The monoisotopic (exact) mass is 299 g/mol. The van der Waals surface area contributed by atoms with Crippen molar-refractivity contribution in [3.05, 3.63) is 59.7 Å². The van der Waals surface area contributed by atoms with Crippen LogP contribution >= 0.6 is 0 Å². The first kappa shape index (κ1) is 15.9. The largest absolute Gasteiger partial charge is 0.457 e. The van der Waals surface area contributed by atoms with Crippen LogP contribution in [-0.2, 0) is 11.2 Å². The van der Waals surface area contributed by atoms with Gasteiger partial charge in [-0.1, -0.05) is 29.8 Å². The third kappa shape index (κ3) is 5.13. The third-order valence-electron chi connectivity index (χ3n) is 3.14. The number of carbonyl (C=O) groups is 1. The molecule has 1 amide bonds. The summed E-state index contributed by atoms with van der Waals surface area (Å²) in [5.41, 5.74) is 2.34. The predicted molar refractivity (Wildman–Crippen MR) is 86.4 cm³/mol. The van der Waals surface area contributed by atoms with E-state index in [9.17, 15) is 4.79 Å². The molecular formula is C18H21NO3. The quantitative estimate of drug-likeness (QED) is 0.874. The molecule has 0 spiro atoms. The van der Waals surface area contributed by atoms with Gasteiger partial charge in [-0.25, -0.2) is 4.79 Å². The molecule has 0 aliphatic heterocycles. The van der Waals surface area contributed by atoms with Crippen LogP contribution in [0.15, 0.2) is 48.5 Å². The second kappa shape index (κ2) is 8.08. The van der Waals surface area contributed by atoms with E-state index >= 15 is 0 Å². The van der Waals surface area contributed by atoms with E-state index in [1.165, 1.54) is 5.56 Å². The molecule has 0 fully saturated rings. The summed E-state index contributed by atoms with van der Waals surface area (Å²) in [7, 11) is 0. The maximum atomic E-state index is 11.2. The summed E-state index contributed by atoms with van der Waals surface area (Å²) in [4.78, 5) is 11.2. The first-order valence-electron chi connectivity index (χ1n) is 7.41. The Morgan fingerprint density at radius 1 is 1.00 bits per heavy atom. The zero-order chi connectivity index (χ0) is 15.8. The Morgan fingerprint density at radius 3 is 2.18 bits per heavy atom. The fourth-order valence-corrected chi connectivity index (χ4v) is 1.96.